The van der Waals surface area contributed by atoms with Crippen molar-refractivity contribution < 1.29 is 14.3 Å². The van der Waals surface area contributed by atoms with E-state index in [4.69, 9.17) is 15.2 Å². The van der Waals surface area contributed by atoms with Crippen molar-refractivity contribution in [1.29, 1.82) is 0 Å². The molecule has 2 aromatic rings. The predicted octanol–water partition coefficient (Wildman–Crippen LogP) is 4.57. The molecular weight excluding hydrogens is 364 g/mol. The van der Waals surface area contributed by atoms with E-state index < -0.39 is 5.92 Å². The van der Waals surface area contributed by atoms with Crippen LogP contribution in [0.1, 0.15) is 38.3 Å². The number of amides is 1. The van der Waals surface area contributed by atoms with Crippen molar-refractivity contribution in [2.24, 2.45) is 11.7 Å². The van der Waals surface area contributed by atoms with Crippen molar-refractivity contribution in [3.8, 4) is 11.5 Å². The van der Waals surface area contributed by atoms with E-state index in [0.29, 0.717) is 23.8 Å². The number of unbranched alkanes of at least 4 members (excludes halogenated alkanes) is 1. The Morgan fingerprint density at radius 3 is 2.52 bits per heavy atom. The average Bonchev–Trinajstić information content (AvgIpc) is 2.68. The van der Waals surface area contributed by atoms with Crippen molar-refractivity contribution in [1.82, 2.24) is 0 Å². The SMILES string of the molecule is CCCCOc1ccc(OC)cc1NC(=O)C(C)C(N)c1ccccc1.Cl. The molecule has 0 heterocycles. The second-order valence-corrected chi connectivity index (χ2v) is 6.28. The molecule has 2 rings (SSSR count). The fraction of sp³-hybridized carbons (Fsp3) is 0.381. The van der Waals surface area contributed by atoms with Gasteiger partial charge in [0.25, 0.3) is 0 Å². The van der Waals surface area contributed by atoms with Crippen molar-refractivity contribution in [3.63, 3.8) is 0 Å². The number of carbonyl (C=O) groups excluding carboxylic acids is 1. The van der Waals surface area contributed by atoms with E-state index in [1.165, 1.54) is 0 Å². The number of hydrogen-bond donors (Lipinski definition) is 2. The molecule has 0 aliphatic carbocycles. The fourth-order valence-corrected chi connectivity index (χ4v) is 2.56. The van der Waals surface area contributed by atoms with E-state index in [1.54, 1.807) is 13.2 Å². The van der Waals surface area contributed by atoms with Crippen molar-refractivity contribution in [3.05, 3.63) is 54.1 Å². The van der Waals surface area contributed by atoms with Crippen LogP contribution in [0.5, 0.6) is 11.5 Å². The van der Waals surface area contributed by atoms with E-state index in [0.717, 1.165) is 18.4 Å². The molecule has 0 bridgehead atoms. The minimum atomic E-state index is -0.396. The Bertz CT molecular complexity index is 710. The van der Waals surface area contributed by atoms with Crippen LogP contribution >= 0.6 is 12.4 Å². The third kappa shape index (κ3) is 6.45. The Kier molecular flexibility index (Phi) is 9.68. The lowest BCUT2D eigenvalue weighted by Gasteiger charge is -2.21. The molecule has 148 valence electrons. The molecule has 0 saturated heterocycles. The predicted molar refractivity (Wildman–Crippen MR) is 112 cm³/mol. The van der Waals surface area contributed by atoms with Gasteiger partial charge in [0.1, 0.15) is 11.5 Å². The number of methoxy groups -OCH3 is 1. The van der Waals surface area contributed by atoms with E-state index in [-0.39, 0.29) is 24.4 Å². The lowest BCUT2D eigenvalue weighted by molar-refractivity contribution is -0.120. The molecule has 0 aromatic heterocycles. The van der Waals surface area contributed by atoms with Crippen LogP contribution in [0.15, 0.2) is 48.5 Å². The topological polar surface area (TPSA) is 73.6 Å². The second-order valence-electron chi connectivity index (χ2n) is 6.28. The first kappa shape index (κ1) is 22.8. The summed E-state index contributed by atoms with van der Waals surface area (Å²) in [4.78, 5) is 12.7. The van der Waals surface area contributed by atoms with Gasteiger partial charge in [-0.25, -0.2) is 0 Å². The molecule has 5 nitrogen and oxygen atoms in total. The summed E-state index contributed by atoms with van der Waals surface area (Å²) in [7, 11) is 1.59. The molecule has 0 radical (unpaired) electrons. The van der Waals surface area contributed by atoms with Gasteiger partial charge < -0.3 is 20.5 Å². The van der Waals surface area contributed by atoms with Crippen molar-refractivity contribution in [2.45, 2.75) is 32.7 Å². The summed E-state index contributed by atoms with van der Waals surface area (Å²) in [6.07, 6.45) is 2.00. The second kappa shape index (κ2) is 11.5. The minimum absolute atomic E-state index is 0. The van der Waals surface area contributed by atoms with Gasteiger partial charge in [0.05, 0.1) is 25.3 Å². The van der Waals surface area contributed by atoms with Gasteiger partial charge in [0.15, 0.2) is 0 Å². The van der Waals surface area contributed by atoms with E-state index in [1.807, 2.05) is 49.4 Å². The summed E-state index contributed by atoms with van der Waals surface area (Å²) in [6.45, 7) is 4.53. The van der Waals surface area contributed by atoms with Crippen molar-refractivity contribution in [2.75, 3.05) is 19.0 Å². The third-order valence-corrected chi connectivity index (χ3v) is 4.34. The summed E-state index contributed by atoms with van der Waals surface area (Å²) in [5.41, 5.74) is 7.79. The van der Waals surface area contributed by atoms with Gasteiger partial charge in [-0.2, -0.15) is 0 Å². The normalized spacial score (nSPS) is 12.4. The first-order chi connectivity index (χ1) is 12.6. The monoisotopic (exact) mass is 392 g/mol. The van der Waals surface area contributed by atoms with Crippen LogP contribution < -0.4 is 20.5 Å². The Balaban J connectivity index is 0.00000364. The van der Waals surface area contributed by atoms with Crippen LogP contribution in [0, 0.1) is 5.92 Å². The number of anilines is 1. The third-order valence-electron chi connectivity index (χ3n) is 4.34. The molecule has 2 aromatic carbocycles. The van der Waals surface area contributed by atoms with Gasteiger partial charge in [-0.3, -0.25) is 4.79 Å². The minimum Gasteiger partial charge on any atom is -0.497 e. The lowest BCUT2D eigenvalue weighted by atomic mass is 9.94. The molecule has 0 fully saturated rings. The van der Waals surface area contributed by atoms with E-state index in [2.05, 4.69) is 12.2 Å². The zero-order chi connectivity index (χ0) is 18.9. The first-order valence-corrected chi connectivity index (χ1v) is 8.99. The number of hydrogen-bond acceptors (Lipinski definition) is 4. The molecule has 6 heteroatoms. The molecular formula is C21H29ClN2O3. The smallest absolute Gasteiger partial charge is 0.229 e. The van der Waals surface area contributed by atoms with Crippen LogP contribution in [0.3, 0.4) is 0 Å². The maximum atomic E-state index is 12.7. The highest BCUT2D eigenvalue weighted by Crippen LogP contribution is 2.31. The summed E-state index contributed by atoms with van der Waals surface area (Å²) >= 11 is 0. The van der Waals surface area contributed by atoms with Crippen LogP contribution in [0.2, 0.25) is 0 Å². The summed E-state index contributed by atoms with van der Waals surface area (Å²) in [5, 5.41) is 2.94. The van der Waals surface area contributed by atoms with Gasteiger partial charge in [-0.15, -0.1) is 12.4 Å². The van der Waals surface area contributed by atoms with E-state index >= 15 is 0 Å². The number of nitrogens with one attached hydrogen (secondary N) is 1. The number of carbonyl (C=O) groups is 1. The Hall–Kier alpha value is -2.24. The van der Waals surface area contributed by atoms with Gasteiger partial charge in [0, 0.05) is 12.1 Å². The maximum Gasteiger partial charge on any atom is 0.229 e. The quantitative estimate of drug-likeness (QED) is 0.613. The number of nitrogens with two attached hydrogens (primary N) is 1. The first-order valence-electron chi connectivity index (χ1n) is 8.99. The molecule has 0 aliphatic rings. The molecule has 2 unspecified atom stereocenters. The highest BCUT2D eigenvalue weighted by Gasteiger charge is 2.23. The Morgan fingerprint density at radius 2 is 1.89 bits per heavy atom. The Labute approximate surface area is 167 Å². The van der Waals surface area contributed by atoms with Crippen molar-refractivity contribution >= 4 is 24.0 Å². The molecule has 3 N–H and O–H groups in total. The zero-order valence-corrected chi connectivity index (χ0v) is 16.9. The maximum absolute atomic E-state index is 12.7. The lowest BCUT2D eigenvalue weighted by Crippen LogP contribution is -2.30. The van der Waals surface area contributed by atoms with Gasteiger partial charge >= 0.3 is 0 Å². The Morgan fingerprint density at radius 1 is 1.19 bits per heavy atom. The van der Waals surface area contributed by atoms with Crippen LogP contribution in [-0.2, 0) is 4.79 Å². The highest BCUT2D eigenvalue weighted by molar-refractivity contribution is 5.94. The zero-order valence-electron chi connectivity index (χ0n) is 16.1. The molecule has 27 heavy (non-hydrogen) atoms. The molecule has 0 aliphatic heterocycles. The van der Waals surface area contributed by atoms with Crippen LogP contribution in [0.4, 0.5) is 5.69 Å². The average molecular weight is 393 g/mol. The number of ether oxygens (including phenoxy) is 2. The van der Waals surface area contributed by atoms with Crippen LogP contribution in [0.25, 0.3) is 0 Å². The van der Waals surface area contributed by atoms with Crippen LogP contribution in [-0.4, -0.2) is 19.6 Å². The molecule has 2 atom stereocenters. The molecule has 0 spiro atoms. The van der Waals surface area contributed by atoms with Gasteiger partial charge in [-0.1, -0.05) is 50.6 Å². The largest absolute Gasteiger partial charge is 0.497 e. The summed E-state index contributed by atoms with van der Waals surface area (Å²) in [6, 6.07) is 14.6. The van der Waals surface area contributed by atoms with Gasteiger partial charge in [-0.05, 0) is 24.1 Å². The standard InChI is InChI=1S/C21H28N2O3.ClH/c1-4-5-13-26-19-12-11-17(25-3)14-18(19)23-21(24)15(2)20(22)16-9-7-6-8-10-16;/h6-12,14-15,20H,4-5,13,22H2,1-3H3,(H,23,24);1H. The number of rotatable bonds is 9. The fourth-order valence-electron chi connectivity index (χ4n) is 2.56. The van der Waals surface area contributed by atoms with Gasteiger partial charge in [0.2, 0.25) is 5.91 Å². The summed E-state index contributed by atoms with van der Waals surface area (Å²) in [5.74, 6) is 0.735. The summed E-state index contributed by atoms with van der Waals surface area (Å²) < 4.78 is 11.1. The molecule has 1 amide bonds. The number of benzene rings is 2. The highest BCUT2D eigenvalue weighted by atomic mass is 35.5. The molecule has 0 saturated carbocycles. The van der Waals surface area contributed by atoms with E-state index in [9.17, 15) is 4.79 Å². The number of halogens is 1.